The molecule has 0 saturated heterocycles. The molecule has 3 unspecified atom stereocenters. The Balaban J connectivity index is 1.47. The predicted molar refractivity (Wildman–Crippen MR) is 126 cm³/mol. The van der Waals surface area contributed by atoms with E-state index in [2.05, 4.69) is 0 Å². The Hall–Kier alpha value is -3.42. The summed E-state index contributed by atoms with van der Waals surface area (Å²) >= 11 is 0. The molecule has 0 bridgehead atoms. The van der Waals surface area contributed by atoms with Crippen LogP contribution in [0.5, 0.6) is 0 Å². The molecule has 0 spiro atoms. The van der Waals surface area contributed by atoms with Gasteiger partial charge in [-0.3, -0.25) is 14.5 Å². The van der Waals surface area contributed by atoms with Crippen LogP contribution in [-0.2, 0) is 14.3 Å². The average Bonchev–Trinajstić information content (AvgIpc) is 3.65. The summed E-state index contributed by atoms with van der Waals surface area (Å²) in [4.78, 5) is 41.1. The van der Waals surface area contributed by atoms with Gasteiger partial charge in [0.2, 0.25) is 5.91 Å². The first-order valence-electron chi connectivity index (χ1n) is 12.2. The van der Waals surface area contributed by atoms with Gasteiger partial charge < -0.3 is 14.7 Å². The largest absolute Gasteiger partial charge is 0.481 e. The first kappa shape index (κ1) is 23.3. The highest BCUT2D eigenvalue weighted by atomic mass is 19.1. The Morgan fingerprint density at radius 1 is 1.09 bits per heavy atom. The second kappa shape index (κ2) is 9.32. The standard InChI is InChI=1S/C27H29FN2O5/c1-16(17-5-3-2-4-6-17)35-27(34)30-22-12-10-20(22)26(21-15-18(28)7-11-23(21)30)29(19-8-9-19)24(31)13-14-25(32)33/h2-7,11,15-16,19-20,22,26H,8-10,12-14H2,1H3,(H,32,33)/t16-,20?,22?,26?/m0/s1. The van der Waals surface area contributed by atoms with E-state index >= 15 is 0 Å². The maximum atomic E-state index is 14.5. The number of halogens is 1. The molecule has 7 nitrogen and oxygen atoms in total. The van der Waals surface area contributed by atoms with Crippen LogP contribution in [0, 0.1) is 11.7 Å². The maximum absolute atomic E-state index is 14.5. The molecule has 35 heavy (non-hydrogen) atoms. The third-order valence-corrected chi connectivity index (χ3v) is 7.42. The second-order valence-electron chi connectivity index (χ2n) is 9.69. The molecule has 0 aromatic heterocycles. The van der Waals surface area contributed by atoms with Crippen molar-refractivity contribution in [2.45, 2.75) is 69.7 Å². The van der Waals surface area contributed by atoms with Crippen LogP contribution in [0.15, 0.2) is 48.5 Å². The summed E-state index contributed by atoms with van der Waals surface area (Å²) in [5.41, 5.74) is 2.02. The number of aliphatic carboxylic acids is 1. The average molecular weight is 481 g/mol. The molecule has 2 aromatic rings. The number of hydrogen-bond donors (Lipinski definition) is 1. The van der Waals surface area contributed by atoms with E-state index in [0.717, 1.165) is 31.2 Å². The molecule has 2 saturated carbocycles. The molecule has 1 N–H and O–H groups in total. The topological polar surface area (TPSA) is 87.2 Å². The molecule has 0 radical (unpaired) electrons. The molecule has 8 heteroatoms. The summed E-state index contributed by atoms with van der Waals surface area (Å²) < 4.78 is 20.3. The number of carboxylic acids is 1. The number of amides is 2. The Kier molecular flexibility index (Phi) is 6.21. The number of hydrogen-bond acceptors (Lipinski definition) is 4. The summed E-state index contributed by atoms with van der Waals surface area (Å²) in [6.45, 7) is 1.82. The molecule has 2 aliphatic carbocycles. The molecule has 2 amide bonds. The van der Waals surface area contributed by atoms with E-state index in [4.69, 9.17) is 9.84 Å². The number of nitrogens with zero attached hydrogens (tertiary/aromatic N) is 2. The van der Waals surface area contributed by atoms with Crippen molar-refractivity contribution in [2.24, 2.45) is 5.92 Å². The van der Waals surface area contributed by atoms with Gasteiger partial charge in [-0.15, -0.1) is 0 Å². The number of carboxylic acid groups (broad SMARTS) is 1. The van der Waals surface area contributed by atoms with Crippen molar-refractivity contribution in [2.75, 3.05) is 4.90 Å². The molecule has 4 atom stereocenters. The number of anilines is 1. The van der Waals surface area contributed by atoms with E-state index in [-0.39, 0.29) is 42.8 Å². The number of benzene rings is 2. The summed E-state index contributed by atoms with van der Waals surface area (Å²) in [5, 5.41) is 9.08. The van der Waals surface area contributed by atoms with Gasteiger partial charge in [0.25, 0.3) is 0 Å². The maximum Gasteiger partial charge on any atom is 0.415 e. The number of fused-ring (bicyclic) bond motifs is 2. The van der Waals surface area contributed by atoms with E-state index in [1.54, 1.807) is 15.9 Å². The Morgan fingerprint density at radius 3 is 2.46 bits per heavy atom. The lowest BCUT2D eigenvalue weighted by Gasteiger charge is -2.54. The lowest BCUT2D eigenvalue weighted by atomic mass is 9.68. The van der Waals surface area contributed by atoms with Crippen LogP contribution >= 0.6 is 0 Å². The fourth-order valence-electron chi connectivity index (χ4n) is 5.46. The van der Waals surface area contributed by atoms with Gasteiger partial charge in [-0.05, 0) is 56.4 Å². The Morgan fingerprint density at radius 2 is 1.83 bits per heavy atom. The lowest BCUT2D eigenvalue weighted by Crippen LogP contribution is -2.59. The van der Waals surface area contributed by atoms with Crippen LogP contribution in [0.4, 0.5) is 14.9 Å². The molecule has 1 heterocycles. The van der Waals surface area contributed by atoms with Crippen molar-refractivity contribution in [3.63, 3.8) is 0 Å². The zero-order valence-electron chi connectivity index (χ0n) is 19.6. The van der Waals surface area contributed by atoms with Gasteiger partial charge in [-0.1, -0.05) is 30.3 Å². The van der Waals surface area contributed by atoms with Crippen molar-refractivity contribution >= 4 is 23.7 Å². The van der Waals surface area contributed by atoms with Gasteiger partial charge in [0.05, 0.1) is 18.2 Å². The number of carbonyl (C=O) groups is 3. The minimum absolute atomic E-state index is 0.0234. The third-order valence-electron chi connectivity index (χ3n) is 7.42. The molecule has 3 aliphatic rings. The van der Waals surface area contributed by atoms with Crippen LogP contribution in [0.25, 0.3) is 0 Å². The van der Waals surface area contributed by atoms with Gasteiger partial charge in [0.15, 0.2) is 0 Å². The Labute approximate surface area is 203 Å². The minimum atomic E-state index is -1.02. The lowest BCUT2D eigenvalue weighted by molar-refractivity contribution is -0.143. The predicted octanol–water partition coefficient (Wildman–Crippen LogP) is 5.22. The zero-order chi connectivity index (χ0) is 24.7. The molecule has 5 rings (SSSR count). The summed E-state index contributed by atoms with van der Waals surface area (Å²) in [6.07, 6.45) is 1.96. The van der Waals surface area contributed by atoms with E-state index in [0.29, 0.717) is 11.3 Å². The SMILES string of the molecule is C[C@H](OC(=O)N1c2ccc(F)cc2C(N(C(=O)CCC(=O)O)C2CC2)C2CCC21)c1ccccc1. The highest BCUT2D eigenvalue weighted by Gasteiger charge is 2.54. The molecule has 184 valence electrons. The fraction of sp³-hybridized carbons (Fsp3) is 0.444. The van der Waals surface area contributed by atoms with Gasteiger partial charge in [0, 0.05) is 30.0 Å². The van der Waals surface area contributed by atoms with Crippen LogP contribution in [0.3, 0.4) is 0 Å². The number of carbonyl (C=O) groups excluding carboxylic acids is 2. The van der Waals surface area contributed by atoms with E-state index in [1.165, 1.54) is 12.1 Å². The molecule has 1 aliphatic heterocycles. The molecular formula is C27H29FN2O5. The van der Waals surface area contributed by atoms with Gasteiger partial charge in [-0.25, -0.2) is 9.18 Å². The highest BCUT2D eigenvalue weighted by Crippen LogP contribution is 2.54. The van der Waals surface area contributed by atoms with E-state index in [9.17, 15) is 18.8 Å². The van der Waals surface area contributed by atoms with Gasteiger partial charge >= 0.3 is 12.1 Å². The van der Waals surface area contributed by atoms with Gasteiger partial charge in [-0.2, -0.15) is 0 Å². The highest BCUT2D eigenvalue weighted by molar-refractivity contribution is 5.91. The zero-order valence-corrected chi connectivity index (χ0v) is 19.6. The molecule has 2 aromatic carbocycles. The number of rotatable bonds is 7. The third kappa shape index (κ3) is 4.49. The second-order valence-corrected chi connectivity index (χ2v) is 9.69. The smallest absolute Gasteiger partial charge is 0.415 e. The van der Waals surface area contributed by atoms with Gasteiger partial charge in [0.1, 0.15) is 11.9 Å². The fourth-order valence-corrected chi connectivity index (χ4v) is 5.46. The quantitative estimate of drug-likeness (QED) is 0.587. The van der Waals surface area contributed by atoms with Crippen molar-refractivity contribution in [3.8, 4) is 0 Å². The van der Waals surface area contributed by atoms with Crippen molar-refractivity contribution in [1.82, 2.24) is 4.90 Å². The van der Waals surface area contributed by atoms with E-state index < -0.39 is 24.0 Å². The molecule has 2 fully saturated rings. The van der Waals surface area contributed by atoms with Crippen LogP contribution < -0.4 is 4.90 Å². The normalized spacial score (nSPS) is 23.4. The molecular weight excluding hydrogens is 451 g/mol. The van der Waals surface area contributed by atoms with Crippen molar-refractivity contribution < 1.29 is 28.6 Å². The number of ether oxygens (including phenoxy) is 1. The van der Waals surface area contributed by atoms with Crippen LogP contribution in [0.1, 0.15) is 68.7 Å². The van der Waals surface area contributed by atoms with Crippen LogP contribution in [0.2, 0.25) is 0 Å². The first-order valence-corrected chi connectivity index (χ1v) is 12.2. The summed E-state index contributed by atoms with van der Waals surface area (Å²) in [7, 11) is 0. The van der Waals surface area contributed by atoms with Crippen molar-refractivity contribution in [1.29, 1.82) is 0 Å². The van der Waals surface area contributed by atoms with Crippen LogP contribution in [-0.4, -0.2) is 40.1 Å². The minimum Gasteiger partial charge on any atom is -0.481 e. The summed E-state index contributed by atoms with van der Waals surface area (Å²) in [5.74, 6) is -1.74. The summed E-state index contributed by atoms with van der Waals surface area (Å²) in [6, 6.07) is 13.3. The van der Waals surface area contributed by atoms with E-state index in [1.807, 2.05) is 37.3 Å². The van der Waals surface area contributed by atoms with Crippen molar-refractivity contribution in [3.05, 3.63) is 65.5 Å². The monoisotopic (exact) mass is 480 g/mol. The first-order chi connectivity index (χ1) is 16.8. The Bertz CT molecular complexity index is 1140.